The van der Waals surface area contributed by atoms with Gasteiger partial charge < -0.3 is 20.5 Å². The molecule has 0 fully saturated rings. The van der Waals surface area contributed by atoms with Crippen LogP contribution in [0.2, 0.25) is 0 Å². The van der Waals surface area contributed by atoms with Gasteiger partial charge in [0.05, 0.1) is 0 Å². The van der Waals surface area contributed by atoms with Crippen LogP contribution < -0.4 is 15.7 Å². The van der Waals surface area contributed by atoms with Crippen molar-refractivity contribution in [2.24, 2.45) is 0 Å². The maximum absolute atomic E-state index is 12.3. The van der Waals surface area contributed by atoms with Crippen molar-refractivity contribution in [1.29, 1.82) is 0 Å². The number of nitrogens with one attached hydrogen (secondary N) is 1. The number of quaternary nitrogens is 1. The number of benzene rings is 2. The lowest BCUT2D eigenvalue weighted by atomic mass is 10.1. The number of aliphatic carboxylic acids is 1. The van der Waals surface area contributed by atoms with Gasteiger partial charge in [0.2, 0.25) is 0 Å². The summed E-state index contributed by atoms with van der Waals surface area (Å²) in [5.41, 5.74) is 2.71. The van der Waals surface area contributed by atoms with Gasteiger partial charge in [-0.2, -0.15) is 0 Å². The third-order valence-corrected chi connectivity index (χ3v) is 3.49. The van der Waals surface area contributed by atoms with E-state index < -0.39 is 12.0 Å². The molecule has 1 amide bonds. The van der Waals surface area contributed by atoms with Crippen LogP contribution in [0.1, 0.15) is 17.5 Å². The third kappa shape index (κ3) is 5.56. The van der Waals surface area contributed by atoms with E-state index in [1.54, 1.807) is 11.4 Å². The summed E-state index contributed by atoms with van der Waals surface area (Å²) in [6, 6.07) is 16.2. The van der Waals surface area contributed by atoms with Gasteiger partial charge in [-0.3, -0.25) is 4.79 Å². The number of nitrogens with two attached hydrogens (primary N) is 1. The number of anilines is 1. The molecule has 3 N–H and O–H groups in total. The largest absolute Gasteiger partial charge is 0.550 e. The first kappa shape index (κ1) is 16.7. The molecule has 5 heteroatoms. The minimum Gasteiger partial charge on any atom is -0.550 e. The van der Waals surface area contributed by atoms with E-state index in [2.05, 4.69) is 5.32 Å². The van der Waals surface area contributed by atoms with E-state index in [4.69, 9.17) is 0 Å². The molecule has 0 aliphatic rings. The van der Waals surface area contributed by atoms with Gasteiger partial charge >= 0.3 is 0 Å². The number of hydrogen-bond acceptors (Lipinski definition) is 3. The zero-order chi connectivity index (χ0) is 16.7. The first-order valence-electron chi connectivity index (χ1n) is 7.49. The highest BCUT2D eigenvalue weighted by atomic mass is 16.4. The van der Waals surface area contributed by atoms with Gasteiger partial charge in [0, 0.05) is 23.6 Å². The van der Waals surface area contributed by atoms with Crippen LogP contribution >= 0.6 is 0 Å². The fourth-order valence-electron chi connectivity index (χ4n) is 2.31. The van der Waals surface area contributed by atoms with E-state index in [9.17, 15) is 14.7 Å². The van der Waals surface area contributed by atoms with Gasteiger partial charge in [-0.1, -0.05) is 42.5 Å². The van der Waals surface area contributed by atoms with E-state index in [0.717, 1.165) is 11.1 Å². The summed E-state index contributed by atoms with van der Waals surface area (Å²) in [7, 11) is 0. The van der Waals surface area contributed by atoms with E-state index in [1.807, 2.05) is 55.5 Å². The van der Waals surface area contributed by atoms with Crippen molar-refractivity contribution in [3.63, 3.8) is 0 Å². The lowest BCUT2D eigenvalue weighted by Crippen LogP contribution is -2.91. The average Bonchev–Trinajstić information content (AvgIpc) is 2.52. The molecule has 0 saturated carbocycles. The molecule has 0 spiro atoms. The van der Waals surface area contributed by atoms with Crippen molar-refractivity contribution in [2.75, 3.05) is 5.32 Å². The van der Waals surface area contributed by atoms with E-state index in [-0.39, 0.29) is 12.3 Å². The Balaban J connectivity index is 2.01. The normalized spacial score (nSPS) is 11.7. The number of carbonyl (C=O) groups is 2. The quantitative estimate of drug-likeness (QED) is 0.766. The summed E-state index contributed by atoms with van der Waals surface area (Å²) in [6.07, 6.45) is -0.329. The molecular weight excluding hydrogens is 292 g/mol. The molecule has 2 aromatic carbocycles. The predicted molar refractivity (Wildman–Crippen MR) is 85.3 cm³/mol. The Morgan fingerprint density at radius 3 is 2.52 bits per heavy atom. The van der Waals surface area contributed by atoms with E-state index in [0.29, 0.717) is 12.2 Å². The predicted octanol–water partition coefficient (Wildman–Crippen LogP) is 0.206. The smallest absolute Gasteiger partial charge is 0.283 e. The monoisotopic (exact) mass is 312 g/mol. The molecule has 0 saturated heterocycles. The molecule has 120 valence electrons. The molecular formula is C18H20N2O3. The molecule has 2 rings (SSSR count). The Kier molecular flexibility index (Phi) is 5.88. The van der Waals surface area contributed by atoms with Crippen LogP contribution in [0.15, 0.2) is 54.6 Å². The number of amides is 1. The van der Waals surface area contributed by atoms with Crippen molar-refractivity contribution in [3.8, 4) is 0 Å². The standard InChI is InChI=1S/C18H20N2O3/c1-13-6-5-9-15(10-13)20-18(23)16(11-17(21)22)19-12-14-7-3-2-4-8-14/h2-10,16,19H,11-12H2,1H3,(H,20,23)(H,21,22)/t16-/m0/s1. The average molecular weight is 312 g/mol. The Hall–Kier alpha value is -2.66. The van der Waals surface area contributed by atoms with Crippen molar-refractivity contribution >= 4 is 17.6 Å². The first-order chi connectivity index (χ1) is 11.0. The minimum absolute atomic E-state index is 0.329. The summed E-state index contributed by atoms with van der Waals surface area (Å²) in [4.78, 5) is 23.3. The molecule has 0 heterocycles. The molecule has 0 radical (unpaired) electrons. The van der Waals surface area contributed by atoms with Gasteiger partial charge in [-0.15, -0.1) is 0 Å². The summed E-state index contributed by atoms with van der Waals surface area (Å²) in [6.45, 7) is 2.45. The zero-order valence-electron chi connectivity index (χ0n) is 13.0. The summed E-state index contributed by atoms with van der Waals surface area (Å²) >= 11 is 0. The number of aryl methyl sites for hydroxylation is 1. The van der Waals surface area contributed by atoms with Crippen LogP contribution in [-0.2, 0) is 16.1 Å². The van der Waals surface area contributed by atoms with Crippen molar-refractivity contribution in [1.82, 2.24) is 0 Å². The molecule has 0 aromatic heterocycles. The maximum atomic E-state index is 12.3. The van der Waals surface area contributed by atoms with Crippen molar-refractivity contribution < 1.29 is 20.0 Å². The first-order valence-corrected chi connectivity index (χ1v) is 7.49. The second-order valence-electron chi connectivity index (χ2n) is 5.47. The van der Waals surface area contributed by atoms with Crippen LogP contribution in [-0.4, -0.2) is 17.9 Å². The van der Waals surface area contributed by atoms with Crippen LogP contribution in [0.3, 0.4) is 0 Å². The molecule has 5 nitrogen and oxygen atoms in total. The molecule has 0 aliphatic carbocycles. The van der Waals surface area contributed by atoms with E-state index in [1.165, 1.54) is 0 Å². The van der Waals surface area contributed by atoms with Gasteiger partial charge in [-0.05, 0) is 24.6 Å². The molecule has 0 bridgehead atoms. The second kappa shape index (κ2) is 8.10. The fraction of sp³-hybridized carbons (Fsp3) is 0.222. The Morgan fingerprint density at radius 2 is 1.87 bits per heavy atom. The van der Waals surface area contributed by atoms with Gasteiger partial charge in [0.25, 0.3) is 5.91 Å². The maximum Gasteiger partial charge on any atom is 0.283 e. The molecule has 0 aliphatic heterocycles. The van der Waals surface area contributed by atoms with Gasteiger partial charge in [0.1, 0.15) is 6.54 Å². The zero-order valence-corrected chi connectivity index (χ0v) is 13.0. The Bertz CT molecular complexity index is 671. The van der Waals surface area contributed by atoms with Crippen molar-refractivity contribution in [3.05, 3.63) is 65.7 Å². The van der Waals surface area contributed by atoms with Crippen LogP contribution in [0.25, 0.3) is 0 Å². The minimum atomic E-state index is -1.24. The summed E-state index contributed by atoms with van der Waals surface area (Å²) in [5, 5.41) is 15.4. The van der Waals surface area contributed by atoms with Gasteiger partial charge in [-0.25, -0.2) is 0 Å². The van der Waals surface area contributed by atoms with Crippen molar-refractivity contribution in [2.45, 2.75) is 25.9 Å². The summed E-state index contributed by atoms with van der Waals surface area (Å²) in [5.74, 6) is -1.57. The van der Waals surface area contributed by atoms with E-state index >= 15 is 0 Å². The lowest BCUT2D eigenvalue weighted by molar-refractivity contribution is -0.691. The molecule has 23 heavy (non-hydrogen) atoms. The number of carboxylic acid groups (broad SMARTS) is 1. The fourth-order valence-corrected chi connectivity index (χ4v) is 2.31. The topological polar surface area (TPSA) is 85.8 Å². The Labute approximate surface area is 135 Å². The number of carbonyl (C=O) groups excluding carboxylic acids is 2. The second-order valence-corrected chi connectivity index (χ2v) is 5.47. The SMILES string of the molecule is Cc1cccc(NC(=O)[C@H](CC(=O)[O-])[NH2+]Cc2ccccc2)c1. The number of rotatable bonds is 7. The van der Waals surface area contributed by atoms with Crippen LogP contribution in [0, 0.1) is 6.92 Å². The molecule has 0 unspecified atom stereocenters. The summed E-state index contributed by atoms with van der Waals surface area (Å²) < 4.78 is 0. The lowest BCUT2D eigenvalue weighted by Gasteiger charge is -2.16. The number of hydrogen-bond donors (Lipinski definition) is 2. The van der Waals surface area contributed by atoms with Gasteiger partial charge in [0.15, 0.2) is 6.04 Å². The number of carboxylic acids is 1. The highest BCUT2D eigenvalue weighted by Crippen LogP contribution is 2.09. The van der Waals surface area contributed by atoms with Crippen LogP contribution in [0.4, 0.5) is 5.69 Å². The third-order valence-electron chi connectivity index (χ3n) is 3.49. The molecule has 2 aromatic rings. The van der Waals surface area contributed by atoms with Crippen LogP contribution in [0.5, 0.6) is 0 Å². The highest BCUT2D eigenvalue weighted by molar-refractivity contribution is 5.95. The molecule has 1 atom stereocenters. The highest BCUT2D eigenvalue weighted by Gasteiger charge is 2.22. The Morgan fingerprint density at radius 1 is 1.13 bits per heavy atom.